The van der Waals surface area contributed by atoms with Gasteiger partial charge >= 0.3 is 0 Å². The molecule has 0 aromatic carbocycles. The molecule has 0 aromatic rings. The number of carbonyl (C=O) groups is 7. The number of aliphatic hydroxyl groups is 1. The van der Waals surface area contributed by atoms with Crippen molar-refractivity contribution in [2.45, 2.75) is 151 Å². The molecule has 0 aromatic heterocycles. The van der Waals surface area contributed by atoms with Crippen LogP contribution in [-0.2, 0) is 38.3 Å². The van der Waals surface area contributed by atoms with Crippen LogP contribution in [0.3, 0.4) is 0 Å². The second-order valence-corrected chi connectivity index (χ2v) is 19.3. The van der Waals surface area contributed by atoms with E-state index in [1.807, 2.05) is 41.5 Å². The number of likely N-dealkylation sites (N-methyl/N-ethyl adjacent to an activating group) is 5. The number of primary amides is 1. The van der Waals surface area contributed by atoms with Gasteiger partial charge in [0.05, 0.1) is 19.3 Å². The van der Waals surface area contributed by atoms with E-state index in [1.54, 1.807) is 41.7 Å². The molecule has 0 spiro atoms. The SMILES string of the molecule is C/C=C(\C(=O)N(C)[C@@H](CC(C)C)C(N)=O)N(C)C(=O)[C@H](CC)NC(=O)[C@H]([C@H](O)[C@H](C)CCN1CCOCC1)N(C)C(=O)[C@H](C(C)C)N(C)C(=O)[C@H](CC(C)C)N(C)C(=O)CCC(C)C. The van der Waals surface area contributed by atoms with Gasteiger partial charge in [-0.05, 0) is 75.2 Å². The van der Waals surface area contributed by atoms with Crippen LogP contribution in [0.1, 0.15) is 115 Å². The Hall–Kier alpha value is -4.09. The summed E-state index contributed by atoms with van der Waals surface area (Å²) in [6.07, 6.45) is 2.25. The topological polar surface area (TPSA) is 206 Å². The van der Waals surface area contributed by atoms with Gasteiger partial charge in [0.25, 0.3) is 5.91 Å². The second-order valence-electron chi connectivity index (χ2n) is 19.3. The van der Waals surface area contributed by atoms with E-state index in [0.29, 0.717) is 51.4 Å². The highest BCUT2D eigenvalue weighted by Crippen LogP contribution is 2.24. The fourth-order valence-electron chi connectivity index (χ4n) is 8.14. The number of nitrogens with zero attached hydrogens (tertiary/aromatic N) is 6. The van der Waals surface area contributed by atoms with E-state index >= 15 is 0 Å². The van der Waals surface area contributed by atoms with Gasteiger partial charge in [-0.15, -0.1) is 0 Å². The molecular formula is C47H86N8O9. The van der Waals surface area contributed by atoms with Crippen molar-refractivity contribution in [3.63, 3.8) is 0 Å². The summed E-state index contributed by atoms with van der Waals surface area (Å²) in [7, 11) is 7.42. The molecule has 4 N–H and O–H groups in total. The number of hydrogen-bond acceptors (Lipinski definition) is 10. The van der Waals surface area contributed by atoms with E-state index in [1.165, 1.54) is 53.9 Å². The maximum absolute atomic E-state index is 14.8. The molecule has 0 bridgehead atoms. The van der Waals surface area contributed by atoms with Crippen LogP contribution in [0.15, 0.2) is 11.8 Å². The Morgan fingerprint density at radius 2 is 1.25 bits per heavy atom. The molecule has 64 heavy (non-hydrogen) atoms. The minimum absolute atomic E-state index is 0.0358. The lowest BCUT2D eigenvalue weighted by molar-refractivity contribution is -0.156. The third-order valence-electron chi connectivity index (χ3n) is 12.4. The summed E-state index contributed by atoms with van der Waals surface area (Å²) in [5, 5.41) is 14.9. The Morgan fingerprint density at radius 1 is 0.719 bits per heavy atom. The number of nitrogens with two attached hydrogens (primary N) is 1. The molecular weight excluding hydrogens is 821 g/mol. The zero-order chi connectivity index (χ0) is 49.3. The number of amides is 7. The lowest BCUT2D eigenvalue weighted by Crippen LogP contribution is -2.63. The van der Waals surface area contributed by atoms with E-state index in [0.717, 1.165) is 18.0 Å². The molecule has 368 valence electrons. The van der Waals surface area contributed by atoms with Crippen LogP contribution in [0.25, 0.3) is 0 Å². The summed E-state index contributed by atoms with van der Waals surface area (Å²) in [4.78, 5) is 106. The first-order chi connectivity index (χ1) is 29.7. The highest BCUT2D eigenvalue weighted by molar-refractivity contribution is 6.01. The number of hydrogen-bond donors (Lipinski definition) is 3. The van der Waals surface area contributed by atoms with Gasteiger partial charge in [0.2, 0.25) is 35.4 Å². The van der Waals surface area contributed by atoms with E-state index in [9.17, 15) is 38.7 Å². The smallest absolute Gasteiger partial charge is 0.270 e. The van der Waals surface area contributed by atoms with Gasteiger partial charge < -0.3 is 45.4 Å². The van der Waals surface area contributed by atoms with Crippen molar-refractivity contribution in [2.24, 2.45) is 35.3 Å². The van der Waals surface area contributed by atoms with Crippen molar-refractivity contribution < 1.29 is 43.4 Å². The maximum Gasteiger partial charge on any atom is 0.270 e. The van der Waals surface area contributed by atoms with Gasteiger partial charge in [0.15, 0.2) is 0 Å². The first-order valence-electron chi connectivity index (χ1n) is 23.3. The summed E-state index contributed by atoms with van der Waals surface area (Å²) in [6, 6.07) is -5.55. The molecule has 1 aliphatic rings. The number of allylic oxidation sites excluding steroid dienone is 1. The standard InChI is InChI=1S/C47H86N8O9/c1-17-34(44(60)51(13)35(18-2)45(61)52(14)36(42(48)58)27-30(5)6)49-43(59)40(41(57)33(11)21-22-55-23-25-64-26-24-55)54(16)47(63)39(32(9)10)53(15)46(62)37(28-31(7)8)50(12)38(56)20-19-29(3)4/h18,29-34,36-37,39-41,57H,17,19-28H2,1-16H3,(H2,48,58)(H,49,59)/b35-18+/t33-,34+,36+,37+,39+,40+,41-/m1/s1. The third-order valence-corrected chi connectivity index (χ3v) is 12.4. The Bertz CT molecular complexity index is 1580. The number of morpholine rings is 1. The number of rotatable bonds is 26. The van der Waals surface area contributed by atoms with Gasteiger partial charge in [-0.25, -0.2) is 0 Å². The van der Waals surface area contributed by atoms with Crippen molar-refractivity contribution in [2.75, 3.05) is 68.1 Å². The number of aliphatic hydroxyl groups excluding tert-OH is 1. The molecule has 0 unspecified atom stereocenters. The second kappa shape index (κ2) is 27.4. The molecule has 7 atom stereocenters. The molecule has 0 radical (unpaired) electrons. The summed E-state index contributed by atoms with van der Waals surface area (Å²) >= 11 is 0. The minimum atomic E-state index is -1.50. The number of ether oxygens (including phenoxy) is 1. The third kappa shape index (κ3) is 16.7. The quantitative estimate of drug-likeness (QED) is 0.108. The van der Waals surface area contributed by atoms with Crippen LogP contribution in [-0.4, -0.2) is 180 Å². The summed E-state index contributed by atoms with van der Waals surface area (Å²) < 4.78 is 5.49. The predicted molar refractivity (Wildman–Crippen MR) is 249 cm³/mol. The molecule has 1 fully saturated rings. The van der Waals surface area contributed by atoms with E-state index in [4.69, 9.17) is 10.5 Å². The molecule has 1 heterocycles. The summed E-state index contributed by atoms with van der Waals surface area (Å²) in [6.45, 7) is 23.7. The van der Waals surface area contributed by atoms with Crippen molar-refractivity contribution in [3.8, 4) is 0 Å². The van der Waals surface area contributed by atoms with Crippen LogP contribution in [0, 0.1) is 29.6 Å². The zero-order valence-corrected chi connectivity index (χ0v) is 42.2. The molecule has 0 saturated carbocycles. The van der Waals surface area contributed by atoms with Crippen molar-refractivity contribution in [1.29, 1.82) is 0 Å². The minimum Gasteiger partial charge on any atom is -0.390 e. The Morgan fingerprint density at radius 3 is 1.72 bits per heavy atom. The molecule has 17 heteroatoms. The lowest BCUT2D eigenvalue weighted by Gasteiger charge is -2.41. The van der Waals surface area contributed by atoms with Crippen LogP contribution in [0.5, 0.6) is 0 Å². The highest BCUT2D eigenvalue weighted by atomic mass is 16.5. The molecule has 1 rings (SSSR count). The average Bonchev–Trinajstić information content (AvgIpc) is 3.23. The largest absolute Gasteiger partial charge is 0.390 e. The Labute approximate surface area is 384 Å². The van der Waals surface area contributed by atoms with Gasteiger partial charge in [-0.2, -0.15) is 0 Å². The molecule has 1 aliphatic heterocycles. The van der Waals surface area contributed by atoms with E-state index in [-0.39, 0.29) is 36.3 Å². The van der Waals surface area contributed by atoms with Gasteiger partial charge in [0.1, 0.15) is 35.9 Å². The molecule has 0 aliphatic carbocycles. The van der Waals surface area contributed by atoms with E-state index < -0.39 is 83.6 Å². The van der Waals surface area contributed by atoms with Gasteiger partial charge in [0, 0.05) is 54.7 Å². The van der Waals surface area contributed by atoms with Crippen LogP contribution >= 0.6 is 0 Å². The fourth-order valence-corrected chi connectivity index (χ4v) is 8.14. The maximum atomic E-state index is 14.8. The van der Waals surface area contributed by atoms with Gasteiger partial charge in [-0.1, -0.05) is 75.3 Å². The monoisotopic (exact) mass is 907 g/mol. The first-order valence-corrected chi connectivity index (χ1v) is 23.3. The Kier molecular flexibility index (Phi) is 24.8. The highest BCUT2D eigenvalue weighted by Gasteiger charge is 2.44. The molecule has 17 nitrogen and oxygen atoms in total. The van der Waals surface area contributed by atoms with Crippen molar-refractivity contribution >= 4 is 41.4 Å². The van der Waals surface area contributed by atoms with Crippen LogP contribution < -0.4 is 11.1 Å². The lowest BCUT2D eigenvalue weighted by atomic mass is 9.91. The number of nitrogens with one attached hydrogen (secondary N) is 1. The summed E-state index contributed by atoms with van der Waals surface area (Å²) in [5.74, 6) is -4.47. The predicted octanol–water partition coefficient (Wildman–Crippen LogP) is 2.94. The normalized spacial score (nSPS) is 17.0. The molecule has 1 saturated heterocycles. The fraction of sp³-hybridized carbons (Fsp3) is 0.809. The first kappa shape index (κ1) is 57.9. The van der Waals surface area contributed by atoms with Crippen molar-refractivity contribution in [3.05, 3.63) is 11.8 Å². The molecule has 7 amide bonds. The van der Waals surface area contributed by atoms with E-state index in [2.05, 4.69) is 10.2 Å². The van der Waals surface area contributed by atoms with Gasteiger partial charge in [-0.3, -0.25) is 38.5 Å². The van der Waals surface area contributed by atoms with Crippen molar-refractivity contribution in [1.82, 2.24) is 34.7 Å². The zero-order valence-electron chi connectivity index (χ0n) is 42.2. The number of carbonyl (C=O) groups excluding carboxylic acids is 7. The van der Waals surface area contributed by atoms with Crippen LogP contribution in [0.2, 0.25) is 0 Å². The summed E-state index contributed by atoms with van der Waals surface area (Å²) in [5.41, 5.74) is 5.63. The average molecular weight is 907 g/mol. The Balaban J connectivity index is 3.66. The van der Waals surface area contributed by atoms with Crippen LogP contribution in [0.4, 0.5) is 0 Å².